The van der Waals surface area contributed by atoms with Crippen LogP contribution < -0.4 is 10.1 Å². The second kappa shape index (κ2) is 9.09. The zero-order valence-electron chi connectivity index (χ0n) is 13.5. The van der Waals surface area contributed by atoms with Gasteiger partial charge in [-0.15, -0.1) is 0 Å². The van der Waals surface area contributed by atoms with E-state index in [0.717, 1.165) is 10.5 Å². The molecule has 1 amide bonds. The molecule has 0 fully saturated rings. The van der Waals surface area contributed by atoms with Gasteiger partial charge in [0.2, 0.25) is 0 Å². The standard InChI is InChI=1S/C17H12BrClF3NO4/c18-10-2-1-3-12(6-10)26-9-16(25)27-8-15(24)23-14-5-4-11(19)7-13(14)17(20,21)22/h1-7H,8-9H2,(H,23,24). The Balaban J connectivity index is 1.87. The molecule has 0 aliphatic heterocycles. The molecule has 5 nitrogen and oxygen atoms in total. The summed E-state index contributed by atoms with van der Waals surface area (Å²) < 4.78 is 49.5. The van der Waals surface area contributed by atoms with Crippen molar-refractivity contribution in [2.75, 3.05) is 18.5 Å². The first-order valence-electron chi connectivity index (χ1n) is 7.36. The van der Waals surface area contributed by atoms with Crippen LogP contribution in [-0.4, -0.2) is 25.1 Å². The minimum Gasteiger partial charge on any atom is -0.482 e. The summed E-state index contributed by atoms with van der Waals surface area (Å²) in [6, 6.07) is 9.60. The van der Waals surface area contributed by atoms with Gasteiger partial charge < -0.3 is 14.8 Å². The second-order valence-electron chi connectivity index (χ2n) is 5.14. The van der Waals surface area contributed by atoms with Gasteiger partial charge in [0.05, 0.1) is 11.3 Å². The smallest absolute Gasteiger partial charge is 0.418 e. The van der Waals surface area contributed by atoms with E-state index in [9.17, 15) is 22.8 Å². The van der Waals surface area contributed by atoms with Crippen LogP contribution in [0.1, 0.15) is 5.56 Å². The summed E-state index contributed by atoms with van der Waals surface area (Å²) in [5.41, 5.74) is -1.59. The Hall–Kier alpha value is -2.26. The molecular formula is C17H12BrClF3NO4. The Morgan fingerprint density at radius 1 is 1.11 bits per heavy atom. The van der Waals surface area contributed by atoms with Crippen molar-refractivity contribution < 1.29 is 32.2 Å². The molecule has 27 heavy (non-hydrogen) atoms. The van der Waals surface area contributed by atoms with Gasteiger partial charge in [0.25, 0.3) is 5.91 Å². The summed E-state index contributed by atoms with van der Waals surface area (Å²) in [5.74, 6) is -1.38. The minimum atomic E-state index is -4.71. The molecule has 0 bridgehead atoms. The van der Waals surface area contributed by atoms with Crippen molar-refractivity contribution in [2.24, 2.45) is 0 Å². The van der Waals surface area contributed by atoms with Crippen LogP contribution in [0.2, 0.25) is 5.02 Å². The monoisotopic (exact) mass is 465 g/mol. The van der Waals surface area contributed by atoms with E-state index in [1.807, 2.05) is 5.32 Å². The van der Waals surface area contributed by atoms with E-state index >= 15 is 0 Å². The van der Waals surface area contributed by atoms with E-state index in [-0.39, 0.29) is 5.02 Å². The zero-order valence-corrected chi connectivity index (χ0v) is 15.8. The van der Waals surface area contributed by atoms with Gasteiger partial charge in [0.15, 0.2) is 13.2 Å². The molecule has 0 saturated heterocycles. The van der Waals surface area contributed by atoms with Crippen LogP contribution in [0.5, 0.6) is 5.75 Å². The molecule has 0 spiro atoms. The van der Waals surface area contributed by atoms with E-state index in [0.29, 0.717) is 11.8 Å². The number of amides is 1. The molecule has 0 saturated carbocycles. The largest absolute Gasteiger partial charge is 0.482 e. The summed E-state index contributed by atoms with van der Waals surface area (Å²) in [6.45, 7) is -1.22. The molecule has 2 aromatic rings. The average Bonchev–Trinajstić information content (AvgIpc) is 2.59. The first-order valence-corrected chi connectivity index (χ1v) is 8.53. The van der Waals surface area contributed by atoms with Crippen LogP contribution >= 0.6 is 27.5 Å². The summed E-state index contributed by atoms with van der Waals surface area (Å²) in [6.07, 6.45) is -4.71. The van der Waals surface area contributed by atoms with Gasteiger partial charge in [-0.2, -0.15) is 13.2 Å². The Morgan fingerprint density at radius 2 is 1.85 bits per heavy atom. The van der Waals surface area contributed by atoms with Crippen molar-refractivity contribution in [1.82, 2.24) is 0 Å². The fourth-order valence-electron chi connectivity index (χ4n) is 1.93. The molecule has 0 heterocycles. The van der Waals surface area contributed by atoms with Gasteiger partial charge in [-0.05, 0) is 36.4 Å². The number of nitrogens with one attached hydrogen (secondary N) is 1. The highest BCUT2D eigenvalue weighted by Gasteiger charge is 2.34. The molecule has 0 atom stereocenters. The fourth-order valence-corrected chi connectivity index (χ4v) is 2.48. The van der Waals surface area contributed by atoms with Gasteiger partial charge >= 0.3 is 12.1 Å². The van der Waals surface area contributed by atoms with Gasteiger partial charge in [-0.25, -0.2) is 4.79 Å². The summed E-state index contributed by atoms with van der Waals surface area (Å²) in [7, 11) is 0. The van der Waals surface area contributed by atoms with E-state index in [2.05, 4.69) is 20.7 Å². The molecule has 0 aliphatic carbocycles. The molecule has 2 aromatic carbocycles. The van der Waals surface area contributed by atoms with Gasteiger partial charge in [-0.1, -0.05) is 33.6 Å². The van der Waals surface area contributed by atoms with Crippen LogP contribution in [-0.2, 0) is 20.5 Å². The number of carbonyl (C=O) groups is 2. The maximum Gasteiger partial charge on any atom is 0.418 e. The molecule has 10 heteroatoms. The van der Waals surface area contributed by atoms with E-state index in [1.165, 1.54) is 6.07 Å². The topological polar surface area (TPSA) is 64.6 Å². The molecule has 0 aliphatic rings. The number of esters is 1. The Bertz CT molecular complexity index is 845. The molecule has 0 unspecified atom stereocenters. The third-order valence-electron chi connectivity index (χ3n) is 3.08. The highest BCUT2D eigenvalue weighted by molar-refractivity contribution is 9.10. The number of carbonyl (C=O) groups excluding carboxylic acids is 2. The predicted octanol–water partition coefficient (Wildman–Crippen LogP) is 4.68. The van der Waals surface area contributed by atoms with E-state index in [4.69, 9.17) is 16.3 Å². The summed E-state index contributed by atoms with van der Waals surface area (Å²) >= 11 is 8.80. The number of ether oxygens (including phenoxy) is 2. The lowest BCUT2D eigenvalue weighted by atomic mass is 10.1. The molecule has 0 aromatic heterocycles. The van der Waals surface area contributed by atoms with E-state index < -0.39 is 42.5 Å². The molecule has 2 rings (SSSR count). The van der Waals surface area contributed by atoms with E-state index in [1.54, 1.807) is 24.3 Å². The first kappa shape index (κ1) is 21.0. The Morgan fingerprint density at radius 3 is 2.52 bits per heavy atom. The van der Waals surface area contributed by atoms with Crippen LogP contribution in [0, 0.1) is 0 Å². The Kier molecular flexibility index (Phi) is 7.09. The molecular weight excluding hydrogens is 455 g/mol. The third kappa shape index (κ3) is 6.76. The highest BCUT2D eigenvalue weighted by atomic mass is 79.9. The molecule has 144 valence electrons. The first-order chi connectivity index (χ1) is 12.6. The molecule has 0 radical (unpaired) electrons. The van der Waals surface area contributed by atoms with Crippen molar-refractivity contribution in [3.8, 4) is 5.75 Å². The maximum atomic E-state index is 13.0. The lowest BCUT2D eigenvalue weighted by Gasteiger charge is -2.14. The quantitative estimate of drug-likeness (QED) is 0.628. The fraction of sp³-hybridized carbons (Fsp3) is 0.176. The van der Waals surface area contributed by atoms with Crippen LogP contribution in [0.4, 0.5) is 18.9 Å². The van der Waals surface area contributed by atoms with Crippen LogP contribution in [0.15, 0.2) is 46.9 Å². The van der Waals surface area contributed by atoms with Crippen LogP contribution in [0.3, 0.4) is 0 Å². The second-order valence-corrected chi connectivity index (χ2v) is 6.49. The van der Waals surface area contributed by atoms with Crippen molar-refractivity contribution in [1.29, 1.82) is 0 Å². The maximum absolute atomic E-state index is 13.0. The Labute approximate surface area is 165 Å². The zero-order chi connectivity index (χ0) is 20.0. The highest BCUT2D eigenvalue weighted by Crippen LogP contribution is 2.36. The number of benzene rings is 2. The summed E-state index contributed by atoms with van der Waals surface area (Å²) in [5, 5.41) is 1.91. The third-order valence-corrected chi connectivity index (χ3v) is 3.81. The SMILES string of the molecule is O=C(COC(=O)COc1cccc(Br)c1)Nc1ccc(Cl)cc1C(F)(F)F. The number of anilines is 1. The predicted molar refractivity (Wildman–Crippen MR) is 95.7 cm³/mol. The van der Waals surface area contributed by atoms with Crippen molar-refractivity contribution in [3.05, 3.63) is 57.5 Å². The lowest BCUT2D eigenvalue weighted by molar-refractivity contribution is -0.149. The number of alkyl halides is 3. The number of rotatable bonds is 6. The van der Waals surface area contributed by atoms with Gasteiger partial charge in [0, 0.05) is 9.50 Å². The van der Waals surface area contributed by atoms with Crippen molar-refractivity contribution in [3.63, 3.8) is 0 Å². The van der Waals surface area contributed by atoms with Crippen LogP contribution in [0.25, 0.3) is 0 Å². The van der Waals surface area contributed by atoms with Gasteiger partial charge in [-0.3, -0.25) is 4.79 Å². The number of hydrogen-bond donors (Lipinski definition) is 1. The normalized spacial score (nSPS) is 11.0. The van der Waals surface area contributed by atoms with Crippen molar-refractivity contribution in [2.45, 2.75) is 6.18 Å². The van der Waals surface area contributed by atoms with Crippen molar-refractivity contribution >= 4 is 45.1 Å². The number of hydrogen-bond acceptors (Lipinski definition) is 4. The number of halogens is 5. The van der Waals surface area contributed by atoms with Gasteiger partial charge in [0.1, 0.15) is 5.75 Å². The lowest BCUT2D eigenvalue weighted by Crippen LogP contribution is -2.24. The molecule has 1 N–H and O–H groups in total. The minimum absolute atomic E-state index is 0.128. The average molecular weight is 467 g/mol. The summed E-state index contributed by atoms with van der Waals surface area (Å²) in [4.78, 5) is 23.4.